The van der Waals surface area contributed by atoms with Crippen molar-refractivity contribution in [2.24, 2.45) is 5.92 Å². The summed E-state index contributed by atoms with van der Waals surface area (Å²) in [5, 5.41) is 9.99. The minimum absolute atomic E-state index is 0.166. The van der Waals surface area contributed by atoms with E-state index >= 15 is 0 Å². The maximum atomic E-state index is 12.5. The summed E-state index contributed by atoms with van der Waals surface area (Å²) in [6.45, 7) is 0.336. The summed E-state index contributed by atoms with van der Waals surface area (Å²) in [5.74, 6) is -0.645. The summed E-state index contributed by atoms with van der Waals surface area (Å²) in [6.07, 6.45) is 2.19. The quantitative estimate of drug-likeness (QED) is 0.920. The van der Waals surface area contributed by atoms with Crippen LogP contribution in [-0.2, 0) is 4.79 Å². The van der Waals surface area contributed by atoms with Crippen LogP contribution in [0.2, 0.25) is 0 Å². The number of carbonyl (C=O) groups excluding carboxylic acids is 1. The second-order valence-electron chi connectivity index (χ2n) is 5.17. The molecule has 1 aromatic carbocycles. The average Bonchev–Trinajstić information content (AvgIpc) is 3.12. The van der Waals surface area contributed by atoms with E-state index in [1.54, 1.807) is 0 Å². The molecule has 20 heavy (non-hydrogen) atoms. The van der Waals surface area contributed by atoms with Crippen LogP contribution in [0.3, 0.4) is 0 Å². The Morgan fingerprint density at radius 1 is 1.30 bits per heavy atom. The Morgan fingerprint density at radius 3 is 2.70 bits per heavy atom. The van der Waals surface area contributed by atoms with Gasteiger partial charge in [-0.3, -0.25) is 9.59 Å². The van der Waals surface area contributed by atoms with Crippen molar-refractivity contribution in [2.45, 2.75) is 12.8 Å². The van der Waals surface area contributed by atoms with Crippen LogP contribution in [0.15, 0.2) is 30.3 Å². The Hall–Kier alpha value is -1.88. The molecule has 2 aromatic rings. The van der Waals surface area contributed by atoms with Crippen LogP contribution < -0.4 is 0 Å². The highest BCUT2D eigenvalue weighted by molar-refractivity contribution is 7.20. The predicted molar refractivity (Wildman–Crippen MR) is 78.1 cm³/mol. The number of thiophene rings is 1. The monoisotopic (exact) mass is 289 g/mol. The number of benzene rings is 1. The van der Waals surface area contributed by atoms with Crippen molar-refractivity contribution in [1.82, 2.24) is 4.90 Å². The number of amides is 1. The number of carboxylic acid groups (broad SMARTS) is 1. The zero-order valence-electron chi connectivity index (χ0n) is 10.9. The molecule has 104 valence electrons. The standard InChI is InChI=1S/C15H15NO3S/c17-14(18)9-16(8-10-5-6-10)15(19)13-7-11-3-1-2-4-12(11)20-13/h1-4,7,10H,5-6,8-9H2,(H,17,18). The van der Waals surface area contributed by atoms with Crippen LogP contribution in [0.5, 0.6) is 0 Å². The van der Waals surface area contributed by atoms with Gasteiger partial charge in [0.1, 0.15) is 6.54 Å². The van der Waals surface area contributed by atoms with E-state index in [1.165, 1.54) is 16.2 Å². The van der Waals surface area contributed by atoms with E-state index in [4.69, 9.17) is 5.11 Å². The molecular formula is C15H15NO3S. The fraction of sp³-hybridized carbons (Fsp3) is 0.333. The predicted octanol–water partition coefficient (Wildman–Crippen LogP) is 2.84. The first kappa shape index (κ1) is 13.1. The van der Waals surface area contributed by atoms with Crippen molar-refractivity contribution in [3.05, 3.63) is 35.2 Å². The molecule has 1 heterocycles. The van der Waals surface area contributed by atoms with Crippen LogP contribution in [0.1, 0.15) is 22.5 Å². The molecule has 0 radical (unpaired) electrons. The van der Waals surface area contributed by atoms with E-state index in [0.717, 1.165) is 22.9 Å². The van der Waals surface area contributed by atoms with Crippen LogP contribution in [-0.4, -0.2) is 35.0 Å². The third-order valence-corrected chi connectivity index (χ3v) is 4.53. The van der Waals surface area contributed by atoms with E-state index < -0.39 is 5.97 Å². The largest absolute Gasteiger partial charge is 0.480 e. The van der Waals surface area contributed by atoms with Gasteiger partial charge in [0.15, 0.2) is 0 Å². The molecule has 1 aliphatic carbocycles. The molecule has 0 aliphatic heterocycles. The second kappa shape index (κ2) is 5.25. The molecule has 0 unspecified atom stereocenters. The van der Waals surface area contributed by atoms with Gasteiger partial charge < -0.3 is 10.0 Å². The van der Waals surface area contributed by atoms with Crippen LogP contribution in [0, 0.1) is 5.92 Å². The molecule has 0 atom stereocenters. The van der Waals surface area contributed by atoms with Gasteiger partial charge in [0, 0.05) is 11.2 Å². The minimum atomic E-state index is -0.958. The van der Waals surface area contributed by atoms with Gasteiger partial charge in [-0.2, -0.15) is 0 Å². The molecule has 1 aliphatic rings. The zero-order chi connectivity index (χ0) is 14.1. The van der Waals surface area contributed by atoms with Crippen LogP contribution >= 0.6 is 11.3 Å². The Morgan fingerprint density at radius 2 is 2.05 bits per heavy atom. The number of hydrogen-bond acceptors (Lipinski definition) is 3. The molecule has 4 nitrogen and oxygen atoms in total. The third-order valence-electron chi connectivity index (χ3n) is 3.43. The van der Waals surface area contributed by atoms with Crippen LogP contribution in [0.4, 0.5) is 0 Å². The SMILES string of the molecule is O=C(O)CN(CC1CC1)C(=O)c1cc2ccccc2s1. The van der Waals surface area contributed by atoms with E-state index in [2.05, 4.69) is 0 Å². The van der Waals surface area contributed by atoms with E-state index in [1.807, 2.05) is 30.3 Å². The second-order valence-corrected chi connectivity index (χ2v) is 6.26. The third kappa shape index (κ3) is 2.82. The summed E-state index contributed by atoms with van der Waals surface area (Å²) in [6, 6.07) is 9.66. The van der Waals surface area contributed by atoms with Gasteiger partial charge in [-0.1, -0.05) is 18.2 Å². The Kier molecular flexibility index (Phi) is 3.44. The maximum Gasteiger partial charge on any atom is 0.323 e. The zero-order valence-corrected chi connectivity index (χ0v) is 11.7. The number of hydrogen-bond donors (Lipinski definition) is 1. The summed E-state index contributed by atoms with van der Waals surface area (Å²) < 4.78 is 1.05. The lowest BCUT2D eigenvalue weighted by Crippen LogP contribution is -2.36. The van der Waals surface area contributed by atoms with Crippen molar-refractivity contribution in [3.8, 4) is 0 Å². The van der Waals surface area contributed by atoms with Gasteiger partial charge in [-0.25, -0.2) is 0 Å². The number of carboxylic acids is 1. The minimum Gasteiger partial charge on any atom is -0.480 e. The highest BCUT2D eigenvalue weighted by atomic mass is 32.1. The van der Waals surface area contributed by atoms with E-state index in [9.17, 15) is 9.59 Å². The summed E-state index contributed by atoms with van der Waals surface area (Å²) in [7, 11) is 0. The highest BCUT2D eigenvalue weighted by Crippen LogP contribution is 2.31. The van der Waals surface area contributed by atoms with Gasteiger partial charge in [-0.05, 0) is 36.3 Å². The van der Waals surface area contributed by atoms with E-state index in [-0.39, 0.29) is 12.5 Å². The first-order valence-electron chi connectivity index (χ1n) is 6.63. The topological polar surface area (TPSA) is 57.6 Å². The molecular weight excluding hydrogens is 274 g/mol. The molecule has 1 N–H and O–H groups in total. The smallest absolute Gasteiger partial charge is 0.323 e. The van der Waals surface area contributed by atoms with Crippen LogP contribution in [0.25, 0.3) is 10.1 Å². The molecule has 1 fully saturated rings. The lowest BCUT2D eigenvalue weighted by atomic mass is 10.2. The number of fused-ring (bicyclic) bond motifs is 1. The van der Waals surface area contributed by atoms with Crippen molar-refractivity contribution in [2.75, 3.05) is 13.1 Å². The fourth-order valence-corrected chi connectivity index (χ4v) is 3.27. The lowest BCUT2D eigenvalue weighted by Gasteiger charge is -2.19. The molecule has 0 bridgehead atoms. The normalized spacial score (nSPS) is 14.4. The van der Waals surface area contributed by atoms with Gasteiger partial charge in [-0.15, -0.1) is 11.3 Å². The Labute approximate surface area is 120 Å². The van der Waals surface area contributed by atoms with Crippen molar-refractivity contribution in [3.63, 3.8) is 0 Å². The summed E-state index contributed by atoms with van der Waals surface area (Å²) >= 11 is 1.42. The molecule has 3 rings (SSSR count). The Bertz CT molecular complexity index is 627. The molecule has 0 saturated heterocycles. The van der Waals surface area contributed by atoms with Crippen molar-refractivity contribution >= 4 is 33.3 Å². The Balaban J connectivity index is 1.84. The molecule has 5 heteroatoms. The van der Waals surface area contributed by atoms with Gasteiger partial charge in [0.2, 0.25) is 0 Å². The number of carbonyl (C=O) groups is 2. The van der Waals surface area contributed by atoms with Crippen molar-refractivity contribution < 1.29 is 14.7 Å². The van der Waals surface area contributed by atoms with Gasteiger partial charge in [0.25, 0.3) is 5.91 Å². The lowest BCUT2D eigenvalue weighted by molar-refractivity contribution is -0.137. The van der Waals surface area contributed by atoms with E-state index in [0.29, 0.717) is 17.3 Å². The maximum absolute atomic E-state index is 12.5. The molecule has 0 spiro atoms. The van der Waals surface area contributed by atoms with Crippen molar-refractivity contribution in [1.29, 1.82) is 0 Å². The summed E-state index contributed by atoms with van der Waals surface area (Å²) in [4.78, 5) is 25.5. The molecule has 1 saturated carbocycles. The van der Waals surface area contributed by atoms with Gasteiger partial charge in [0.05, 0.1) is 4.88 Å². The number of rotatable bonds is 5. The average molecular weight is 289 g/mol. The number of nitrogens with zero attached hydrogens (tertiary/aromatic N) is 1. The molecule has 1 amide bonds. The first-order chi connectivity index (χ1) is 9.63. The highest BCUT2D eigenvalue weighted by Gasteiger charge is 2.29. The fourth-order valence-electron chi connectivity index (χ4n) is 2.24. The first-order valence-corrected chi connectivity index (χ1v) is 7.45. The number of aliphatic carboxylic acids is 1. The summed E-state index contributed by atoms with van der Waals surface area (Å²) in [5.41, 5.74) is 0. The molecule has 1 aromatic heterocycles. The van der Waals surface area contributed by atoms with Gasteiger partial charge >= 0.3 is 5.97 Å².